The van der Waals surface area contributed by atoms with Crippen LogP contribution in [0.5, 0.6) is 5.75 Å². The molecule has 1 aromatic rings. The molecule has 2 atom stereocenters. The Morgan fingerprint density at radius 2 is 2.05 bits per heavy atom. The fourth-order valence-electron chi connectivity index (χ4n) is 2.33. The van der Waals surface area contributed by atoms with E-state index in [1.54, 1.807) is 7.11 Å². The summed E-state index contributed by atoms with van der Waals surface area (Å²) in [4.78, 5) is 13.4. The number of methoxy groups -OCH3 is 1. The van der Waals surface area contributed by atoms with Crippen molar-refractivity contribution in [3.8, 4) is 5.75 Å². The minimum atomic E-state index is -0.267. The van der Waals surface area contributed by atoms with Gasteiger partial charge >= 0.3 is 0 Å². The van der Waals surface area contributed by atoms with Crippen LogP contribution in [-0.4, -0.2) is 37.0 Å². The highest BCUT2D eigenvalue weighted by Gasteiger charge is 2.23. The van der Waals surface area contributed by atoms with Crippen molar-refractivity contribution in [3.63, 3.8) is 0 Å². The third-order valence-corrected chi connectivity index (χ3v) is 3.61. The number of hydrogen-bond acceptors (Lipinski definition) is 3. The molecule has 4 heteroatoms. The predicted molar refractivity (Wildman–Crippen MR) is 77.2 cm³/mol. The van der Waals surface area contributed by atoms with Crippen LogP contribution < -0.4 is 10.5 Å². The lowest BCUT2D eigenvalue weighted by Gasteiger charge is -2.30. The number of rotatable bonds is 7. The Kier molecular flexibility index (Phi) is 5.83. The van der Waals surface area contributed by atoms with E-state index in [1.807, 2.05) is 43.1 Å². The van der Waals surface area contributed by atoms with Gasteiger partial charge in [-0.05, 0) is 38.4 Å². The molecule has 2 N–H and O–H groups in total. The molecule has 19 heavy (non-hydrogen) atoms. The van der Waals surface area contributed by atoms with E-state index in [4.69, 9.17) is 10.5 Å². The van der Waals surface area contributed by atoms with E-state index in [-0.39, 0.29) is 18.0 Å². The summed E-state index contributed by atoms with van der Waals surface area (Å²) in [6, 6.07) is 7.95. The van der Waals surface area contributed by atoms with Crippen LogP contribution in [0.2, 0.25) is 0 Å². The second kappa shape index (κ2) is 7.14. The Balaban J connectivity index is 2.78. The van der Waals surface area contributed by atoms with Gasteiger partial charge in [0, 0.05) is 6.04 Å². The van der Waals surface area contributed by atoms with Gasteiger partial charge in [0.15, 0.2) is 0 Å². The number of likely N-dealkylation sites (N-methyl/N-ethyl adjacent to an activating group) is 1. The normalized spacial score (nSPS) is 14.2. The number of para-hydroxylation sites is 1. The molecule has 0 aromatic heterocycles. The molecule has 0 aliphatic carbocycles. The molecule has 0 aliphatic rings. The molecule has 2 unspecified atom stereocenters. The molecule has 0 saturated carbocycles. The number of primary amides is 1. The number of nitrogens with two attached hydrogens (primary N) is 1. The van der Waals surface area contributed by atoms with Crippen LogP contribution in [0, 0.1) is 0 Å². The van der Waals surface area contributed by atoms with Crippen molar-refractivity contribution in [2.75, 3.05) is 14.2 Å². The van der Waals surface area contributed by atoms with Crippen molar-refractivity contribution < 1.29 is 9.53 Å². The molecule has 0 fully saturated rings. The zero-order valence-corrected chi connectivity index (χ0v) is 12.2. The van der Waals surface area contributed by atoms with Crippen LogP contribution in [0.25, 0.3) is 0 Å². The first-order valence-electron chi connectivity index (χ1n) is 6.64. The van der Waals surface area contributed by atoms with Gasteiger partial charge in [-0.15, -0.1) is 0 Å². The number of amides is 1. The number of ether oxygens (including phenoxy) is 1. The highest BCUT2D eigenvalue weighted by atomic mass is 16.5. The molecule has 0 aliphatic heterocycles. The molecule has 0 bridgehead atoms. The van der Waals surface area contributed by atoms with Gasteiger partial charge in [0.25, 0.3) is 0 Å². The molecule has 4 nitrogen and oxygen atoms in total. The molecule has 1 rings (SSSR count). The summed E-state index contributed by atoms with van der Waals surface area (Å²) in [5.74, 6) is 0.617. The lowest BCUT2D eigenvalue weighted by Crippen LogP contribution is -2.47. The van der Waals surface area contributed by atoms with E-state index >= 15 is 0 Å². The Morgan fingerprint density at radius 1 is 1.42 bits per heavy atom. The second-order valence-electron chi connectivity index (χ2n) is 4.86. The largest absolute Gasteiger partial charge is 0.496 e. The Morgan fingerprint density at radius 3 is 2.58 bits per heavy atom. The number of carbonyl (C=O) groups excluding carboxylic acids is 1. The number of nitrogens with zero attached hydrogens (tertiary/aromatic N) is 1. The van der Waals surface area contributed by atoms with Crippen molar-refractivity contribution >= 4 is 5.91 Å². The quantitative estimate of drug-likeness (QED) is 0.817. The van der Waals surface area contributed by atoms with E-state index in [1.165, 1.54) is 0 Å². The molecule has 106 valence electrons. The van der Waals surface area contributed by atoms with Gasteiger partial charge in [-0.1, -0.05) is 25.1 Å². The van der Waals surface area contributed by atoms with Crippen LogP contribution in [0.1, 0.15) is 25.8 Å². The van der Waals surface area contributed by atoms with Gasteiger partial charge in [-0.25, -0.2) is 0 Å². The summed E-state index contributed by atoms with van der Waals surface area (Å²) in [7, 11) is 3.62. The predicted octanol–water partition coefficient (Wildman–Crippen LogP) is 1.82. The van der Waals surface area contributed by atoms with Gasteiger partial charge < -0.3 is 10.5 Å². The summed E-state index contributed by atoms with van der Waals surface area (Å²) in [6.45, 7) is 4.07. The van der Waals surface area contributed by atoms with Crippen LogP contribution in [0.15, 0.2) is 24.3 Å². The first-order chi connectivity index (χ1) is 9.01. The molecular weight excluding hydrogens is 240 g/mol. The SMILES string of the molecule is CCC(C(N)=O)N(C)C(C)Cc1ccccc1OC. The maximum atomic E-state index is 11.4. The zero-order chi connectivity index (χ0) is 14.4. The number of hydrogen-bond donors (Lipinski definition) is 1. The van der Waals surface area contributed by atoms with E-state index in [2.05, 4.69) is 6.92 Å². The summed E-state index contributed by atoms with van der Waals surface area (Å²) < 4.78 is 5.35. The van der Waals surface area contributed by atoms with Crippen molar-refractivity contribution in [1.29, 1.82) is 0 Å². The van der Waals surface area contributed by atoms with Gasteiger partial charge in [0.1, 0.15) is 5.75 Å². The van der Waals surface area contributed by atoms with E-state index in [0.29, 0.717) is 0 Å². The van der Waals surface area contributed by atoms with Gasteiger partial charge in [-0.2, -0.15) is 0 Å². The van der Waals surface area contributed by atoms with E-state index in [9.17, 15) is 4.79 Å². The van der Waals surface area contributed by atoms with E-state index < -0.39 is 0 Å². The maximum Gasteiger partial charge on any atom is 0.234 e. The molecule has 1 amide bonds. The molecule has 0 spiro atoms. The standard InChI is InChI=1S/C15H24N2O2/c1-5-13(15(16)18)17(3)11(2)10-12-8-6-7-9-14(12)19-4/h6-9,11,13H,5,10H2,1-4H3,(H2,16,18). The summed E-state index contributed by atoms with van der Waals surface area (Å²) >= 11 is 0. The lowest BCUT2D eigenvalue weighted by atomic mass is 10.0. The molecular formula is C15H24N2O2. The zero-order valence-electron chi connectivity index (χ0n) is 12.2. The smallest absolute Gasteiger partial charge is 0.234 e. The molecule has 1 aromatic carbocycles. The first kappa shape index (κ1) is 15.5. The second-order valence-corrected chi connectivity index (χ2v) is 4.86. The first-order valence-corrected chi connectivity index (χ1v) is 6.64. The van der Waals surface area contributed by atoms with Crippen molar-refractivity contribution in [1.82, 2.24) is 4.90 Å². The van der Waals surface area contributed by atoms with E-state index in [0.717, 1.165) is 24.2 Å². The topological polar surface area (TPSA) is 55.6 Å². The molecule has 0 heterocycles. The summed E-state index contributed by atoms with van der Waals surface area (Å²) in [6.07, 6.45) is 1.55. The number of benzene rings is 1. The fourth-order valence-corrected chi connectivity index (χ4v) is 2.33. The lowest BCUT2D eigenvalue weighted by molar-refractivity contribution is -0.123. The van der Waals surface area contributed by atoms with Crippen LogP contribution in [-0.2, 0) is 11.2 Å². The minimum Gasteiger partial charge on any atom is -0.496 e. The highest BCUT2D eigenvalue weighted by molar-refractivity contribution is 5.79. The Hall–Kier alpha value is -1.55. The van der Waals surface area contributed by atoms with Crippen molar-refractivity contribution in [2.45, 2.75) is 38.8 Å². The van der Waals surface area contributed by atoms with Gasteiger partial charge in [0.2, 0.25) is 5.91 Å². The third-order valence-electron chi connectivity index (χ3n) is 3.61. The monoisotopic (exact) mass is 264 g/mol. The summed E-state index contributed by atoms with van der Waals surface area (Å²) in [5.41, 5.74) is 6.57. The molecule has 0 saturated heterocycles. The van der Waals surface area contributed by atoms with Crippen molar-refractivity contribution in [3.05, 3.63) is 29.8 Å². The average Bonchev–Trinajstić information content (AvgIpc) is 2.39. The third kappa shape index (κ3) is 3.96. The maximum absolute atomic E-state index is 11.4. The molecule has 0 radical (unpaired) electrons. The number of carbonyl (C=O) groups is 1. The van der Waals surface area contributed by atoms with Crippen LogP contribution in [0.3, 0.4) is 0 Å². The van der Waals surface area contributed by atoms with Gasteiger partial charge in [0.05, 0.1) is 13.2 Å². The van der Waals surface area contributed by atoms with Crippen LogP contribution >= 0.6 is 0 Å². The average molecular weight is 264 g/mol. The van der Waals surface area contributed by atoms with Crippen molar-refractivity contribution in [2.24, 2.45) is 5.73 Å². The summed E-state index contributed by atoms with van der Waals surface area (Å²) in [5, 5.41) is 0. The Labute approximate surface area is 115 Å². The minimum absolute atomic E-state index is 0.216. The Bertz CT molecular complexity index is 420. The van der Waals surface area contributed by atoms with Crippen LogP contribution in [0.4, 0.5) is 0 Å². The van der Waals surface area contributed by atoms with Gasteiger partial charge in [-0.3, -0.25) is 9.69 Å². The highest BCUT2D eigenvalue weighted by Crippen LogP contribution is 2.21. The fraction of sp³-hybridized carbons (Fsp3) is 0.533.